The van der Waals surface area contributed by atoms with Crippen LogP contribution in [0.1, 0.15) is 45.9 Å². The smallest absolute Gasteiger partial charge is 0.345 e. The molecule has 1 unspecified atom stereocenters. The van der Waals surface area contributed by atoms with Crippen molar-refractivity contribution in [2.75, 3.05) is 20.8 Å². The number of benzene rings is 2. The van der Waals surface area contributed by atoms with Crippen LogP contribution in [-0.2, 0) is 33.0 Å². The first-order chi connectivity index (χ1) is 23.3. The average molecular weight is 708 g/mol. The molecule has 1 N–H and O–H groups in total. The van der Waals surface area contributed by atoms with Gasteiger partial charge in [-0.25, -0.2) is 19.4 Å². The van der Waals surface area contributed by atoms with Crippen molar-refractivity contribution in [1.29, 1.82) is 0 Å². The highest BCUT2D eigenvalue weighted by Crippen LogP contribution is 2.40. The molecule has 14 heteroatoms. The fourth-order valence-corrected chi connectivity index (χ4v) is 12.0. The standard InChI is InChI=1S/C35H41N3O9SSi/c1-21-19-38(33(42)37-30(21)39)27-18-25(47-34-36-22(2)28(31(40)43-6)29(48-34)32(41)44-7)26(46-27)20-45-49(35(3,4)5,23-14-10-8-11-15-23)24-16-12-9-13-17-24/h8-17,19,22,25-27H,18,20H2,1-7H3,(H,37,39,42)/t22?,25-,26+,27+/m0/s1. The maximum atomic E-state index is 13.0. The maximum Gasteiger partial charge on any atom is 0.345 e. The van der Waals surface area contributed by atoms with E-state index in [-0.39, 0.29) is 33.8 Å². The first-order valence-corrected chi connectivity index (χ1v) is 18.6. The number of hydrogen-bond acceptors (Lipinski definition) is 11. The number of nitrogens with zero attached hydrogens (tertiary/aromatic N) is 2. The zero-order chi connectivity index (χ0) is 35.5. The topological polar surface area (TPSA) is 148 Å². The molecule has 0 aliphatic carbocycles. The van der Waals surface area contributed by atoms with Gasteiger partial charge in [0, 0.05) is 18.2 Å². The predicted molar refractivity (Wildman–Crippen MR) is 189 cm³/mol. The Morgan fingerprint density at radius 2 is 1.59 bits per heavy atom. The minimum atomic E-state index is -3.00. The molecule has 1 fully saturated rings. The third-order valence-electron chi connectivity index (χ3n) is 8.70. The first-order valence-electron chi connectivity index (χ1n) is 15.9. The molecule has 49 heavy (non-hydrogen) atoms. The highest BCUT2D eigenvalue weighted by atomic mass is 32.2. The second-order valence-corrected chi connectivity index (χ2v) is 18.1. The lowest BCUT2D eigenvalue weighted by Crippen LogP contribution is -2.67. The Morgan fingerprint density at radius 1 is 1.00 bits per heavy atom. The third kappa shape index (κ3) is 7.23. The van der Waals surface area contributed by atoms with E-state index < -0.39 is 56.0 Å². The Labute approximate surface area is 289 Å². The maximum absolute atomic E-state index is 13.0. The van der Waals surface area contributed by atoms with E-state index in [9.17, 15) is 19.2 Å². The Bertz CT molecular complexity index is 1830. The monoisotopic (exact) mass is 707 g/mol. The van der Waals surface area contributed by atoms with Crippen LogP contribution >= 0.6 is 11.8 Å². The lowest BCUT2D eigenvalue weighted by Gasteiger charge is -2.43. The van der Waals surface area contributed by atoms with Gasteiger partial charge in [-0.05, 0) is 41.0 Å². The fourth-order valence-electron chi connectivity index (χ4n) is 6.30. The summed E-state index contributed by atoms with van der Waals surface area (Å²) >= 11 is 0.863. The van der Waals surface area contributed by atoms with Gasteiger partial charge in [0.2, 0.25) is 0 Å². The van der Waals surface area contributed by atoms with Crippen molar-refractivity contribution in [3.05, 3.63) is 104 Å². The van der Waals surface area contributed by atoms with Gasteiger partial charge in [0.1, 0.15) is 23.3 Å². The van der Waals surface area contributed by atoms with Crippen LogP contribution in [0.25, 0.3) is 0 Å². The molecule has 2 aliphatic rings. The molecule has 0 spiro atoms. The lowest BCUT2D eigenvalue weighted by atomic mass is 10.1. The van der Waals surface area contributed by atoms with E-state index in [0.29, 0.717) is 5.56 Å². The average Bonchev–Trinajstić information content (AvgIpc) is 3.47. The number of nitrogens with one attached hydrogen (secondary N) is 1. The molecule has 3 aromatic rings. The number of H-pyrrole nitrogens is 1. The van der Waals surface area contributed by atoms with E-state index in [4.69, 9.17) is 23.4 Å². The summed E-state index contributed by atoms with van der Waals surface area (Å²) in [6.07, 6.45) is -0.579. The number of aryl methyl sites for hydroxylation is 1. The number of carbonyl (C=O) groups is 2. The van der Waals surface area contributed by atoms with Crippen LogP contribution in [0.5, 0.6) is 0 Å². The van der Waals surface area contributed by atoms with Crippen LogP contribution in [0.2, 0.25) is 5.04 Å². The number of hydrogen-bond donors (Lipinski definition) is 1. The van der Waals surface area contributed by atoms with Crippen LogP contribution in [0.15, 0.2) is 91.9 Å². The number of esters is 2. The van der Waals surface area contributed by atoms with E-state index >= 15 is 0 Å². The molecule has 0 amide bonds. The van der Waals surface area contributed by atoms with Gasteiger partial charge in [-0.2, -0.15) is 0 Å². The van der Waals surface area contributed by atoms with Crippen molar-refractivity contribution in [2.24, 2.45) is 4.99 Å². The van der Waals surface area contributed by atoms with Gasteiger partial charge < -0.3 is 23.4 Å². The fraction of sp³-hybridized carbons (Fsp3) is 0.400. The largest absolute Gasteiger partial charge is 0.466 e. The zero-order valence-electron chi connectivity index (χ0n) is 28.6. The quantitative estimate of drug-likeness (QED) is 0.260. The number of rotatable bonds is 9. The second-order valence-electron chi connectivity index (χ2n) is 12.9. The summed E-state index contributed by atoms with van der Waals surface area (Å²) < 4.78 is 31.4. The van der Waals surface area contributed by atoms with Crippen LogP contribution < -0.4 is 21.6 Å². The van der Waals surface area contributed by atoms with E-state index in [1.807, 2.05) is 36.4 Å². The summed E-state index contributed by atoms with van der Waals surface area (Å²) in [6, 6.07) is 19.6. The predicted octanol–water partition coefficient (Wildman–Crippen LogP) is 3.19. The van der Waals surface area contributed by atoms with Crippen molar-refractivity contribution in [1.82, 2.24) is 9.55 Å². The highest BCUT2D eigenvalue weighted by molar-refractivity contribution is 8.17. The molecular formula is C35H41N3O9SSi. The number of aromatic nitrogens is 2. The Hall–Kier alpha value is -4.24. The van der Waals surface area contributed by atoms with Gasteiger partial charge >= 0.3 is 17.6 Å². The van der Waals surface area contributed by atoms with Crippen molar-refractivity contribution in [3.63, 3.8) is 0 Å². The van der Waals surface area contributed by atoms with Gasteiger partial charge in [-0.15, -0.1) is 0 Å². The summed E-state index contributed by atoms with van der Waals surface area (Å²) in [4.78, 5) is 57.4. The van der Waals surface area contributed by atoms with Crippen molar-refractivity contribution < 1.29 is 33.0 Å². The van der Waals surface area contributed by atoms with Crippen LogP contribution in [0.3, 0.4) is 0 Å². The molecule has 260 valence electrons. The SMILES string of the molecule is COC(=O)C1=C(C(=O)OC)C(C)N=C(O[C@H]2C[C@H](n3cc(C)c(=O)[nH]c3=O)O[C@@H]2CO[Si](c2ccccc2)(c2ccccc2)C(C)(C)C)S1. The summed E-state index contributed by atoms with van der Waals surface area (Å²) in [5.74, 6) is -1.42. The van der Waals surface area contributed by atoms with Gasteiger partial charge in [0.15, 0.2) is 0 Å². The van der Waals surface area contributed by atoms with Gasteiger partial charge in [-0.3, -0.25) is 14.3 Å². The molecule has 0 radical (unpaired) electrons. The van der Waals surface area contributed by atoms with E-state index in [2.05, 4.69) is 55.0 Å². The summed E-state index contributed by atoms with van der Waals surface area (Å²) in [5, 5.41) is 1.96. The van der Waals surface area contributed by atoms with Crippen LogP contribution in [0.4, 0.5) is 0 Å². The number of methoxy groups -OCH3 is 2. The van der Waals surface area contributed by atoms with Gasteiger partial charge in [-0.1, -0.05) is 81.4 Å². The number of thioether (sulfide) groups is 1. The molecule has 3 heterocycles. The molecule has 0 bridgehead atoms. The second kappa shape index (κ2) is 14.7. The molecule has 12 nitrogen and oxygen atoms in total. The third-order valence-corrected chi connectivity index (χ3v) is 14.7. The molecule has 1 saturated heterocycles. The Morgan fingerprint density at radius 3 is 2.14 bits per heavy atom. The molecule has 4 atom stereocenters. The minimum absolute atomic E-state index is 0.00917. The molecule has 0 saturated carbocycles. The summed E-state index contributed by atoms with van der Waals surface area (Å²) in [7, 11) is -0.554. The highest BCUT2D eigenvalue weighted by Gasteiger charge is 2.52. The molecule has 1 aromatic heterocycles. The first kappa shape index (κ1) is 36.0. The molecule has 5 rings (SSSR count). The Balaban J connectivity index is 1.53. The number of aromatic amines is 1. The normalized spacial score (nSPS) is 21.2. The zero-order valence-corrected chi connectivity index (χ0v) is 30.4. The van der Waals surface area contributed by atoms with Crippen molar-refractivity contribution >= 4 is 47.6 Å². The van der Waals surface area contributed by atoms with Crippen LogP contribution in [-0.4, -0.2) is 74.1 Å². The van der Waals surface area contributed by atoms with E-state index in [0.717, 1.165) is 22.1 Å². The van der Waals surface area contributed by atoms with Gasteiger partial charge in [0.25, 0.3) is 19.1 Å². The van der Waals surface area contributed by atoms with Crippen LogP contribution in [0, 0.1) is 6.92 Å². The molecule has 2 aromatic carbocycles. The summed E-state index contributed by atoms with van der Waals surface area (Å²) in [6.45, 7) is 9.86. The van der Waals surface area contributed by atoms with E-state index in [1.54, 1.807) is 13.8 Å². The number of ether oxygens (including phenoxy) is 4. The van der Waals surface area contributed by atoms with E-state index in [1.165, 1.54) is 25.0 Å². The molecule has 2 aliphatic heterocycles. The van der Waals surface area contributed by atoms with Gasteiger partial charge in [0.05, 0.1) is 32.4 Å². The van der Waals surface area contributed by atoms with Crippen molar-refractivity contribution in [3.8, 4) is 0 Å². The lowest BCUT2D eigenvalue weighted by molar-refractivity contribution is -0.139. The molecular weight excluding hydrogens is 667 g/mol. The minimum Gasteiger partial charge on any atom is -0.466 e. The summed E-state index contributed by atoms with van der Waals surface area (Å²) in [5.41, 5.74) is -0.695. The Kier molecular flexibility index (Phi) is 10.8. The number of carbonyl (C=O) groups excluding carboxylic acids is 2. The van der Waals surface area contributed by atoms with Crippen molar-refractivity contribution in [2.45, 2.75) is 70.6 Å². The number of aliphatic imine (C=N–C) groups is 1.